The second-order valence-corrected chi connectivity index (χ2v) is 9.10. The number of fused-ring (bicyclic) bond motifs is 3. The number of carbonyl (C=O) groups excluding carboxylic acids is 1. The van der Waals surface area contributed by atoms with Gasteiger partial charge in [0.1, 0.15) is 5.78 Å². The molecule has 0 saturated heterocycles. The summed E-state index contributed by atoms with van der Waals surface area (Å²) in [5.41, 5.74) is 3.41. The fourth-order valence-electron chi connectivity index (χ4n) is 3.99. The van der Waals surface area contributed by atoms with Crippen LogP contribution in [0.1, 0.15) is 42.6 Å². The molecule has 0 unspecified atom stereocenters. The van der Waals surface area contributed by atoms with Crippen LogP contribution in [0.5, 0.6) is 0 Å². The van der Waals surface area contributed by atoms with E-state index in [1.54, 1.807) is 24.3 Å². The second-order valence-electron chi connectivity index (χ2n) is 7.32. The first-order chi connectivity index (χ1) is 13.4. The minimum absolute atomic E-state index is 0.120. The number of aromatic nitrogens is 1. The normalized spacial score (nSPS) is 16.9. The predicted octanol–water partition coefficient (Wildman–Crippen LogP) is 3.74. The van der Waals surface area contributed by atoms with Crippen LogP contribution in [-0.2, 0) is 21.2 Å². The lowest BCUT2D eigenvalue weighted by Crippen LogP contribution is -2.34. The van der Waals surface area contributed by atoms with Gasteiger partial charge in [-0.05, 0) is 43.7 Å². The molecule has 5 nitrogen and oxygen atoms in total. The summed E-state index contributed by atoms with van der Waals surface area (Å²) in [4.78, 5) is 12.4. The Kier molecular flexibility index (Phi) is 4.85. The van der Waals surface area contributed by atoms with Crippen LogP contribution in [0.25, 0.3) is 10.9 Å². The Labute approximate surface area is 165 Å². The standard InChI is InChI=1S/C22H24N2O3S/c1-3-16(25)14-20-22-19(12-13-23-20)18-6-4-5-7-21(18)24(22)28(26,27)17-10-8-15(2)9-11-17/h4-11,20,23H,3,12-14H2,1-2H3/t20-/m1/s1. The van der Waals surface area contributed by atoms with Gasteiger partial charge in [-0.15, -0.1) is 0 Å². The molecule has 0 radical (unpaired) electrons. The molecule has 3 aromatic rings. The molecule has 4 rings (SSSR count). The van der Waals surface area contributed by atoms with Gasteiger partial charge in [0.2, 0.25) is 0 Å². The smallest absolute Gasteiger partial charge is 0.268 e. The highest BCUT2D eigenvalue weighted by atomic mass is 32.2. The zero-order valence-corrected chi connectivity index (χ0v) is 16.9. The first kappa shape index (κ1) is 18.9. The number of nitrogens with zero attached hydrogens (tertiary/aromatic N) is 1. The van der Waals surface area contributed by atoms with E-state index in [9.17, 15) is 13.2 Å². The monoisotopic (exact) mass is 396 g/mol. The van der Waals surface area contributed by atoms with Gasteiger partial charge in [0.05, 0.1) is 22.1 Å². The molecular weight excluding hydrogens is 372 g/mol. The highest BCUT2D eigenvalue weighted by Gasteiger charge is 2.33. The fourth-order valence-corrected chi connectivity index (χ4v) is 5.60. The lowest BCUT2D eigenvalue weighted by molar-refractivity contribution is -0.119. The third-order valence-electron chi connectivity index (χ3n) is 5.46. The molecule has 1 aromatic heterocycles. The van der Waals surface area contributed by atoms with Gasteiger partial charge in [0.15, 0.2) is 0 Å². The summed E-state index contributed by atoms with van der Waals surface area (Å²) >= 11 is 0. The van der Waals surface area contributed by atoms with E-state index in [2.05, 4.69) is 5.32 Å². The van der Waals surface area contributed by atoms with Crippen LogP contribution in [0.4, 0.5) is 0 Å². The van der Waals surface area contributed by atoms with E-state index in [-0.39, 0.29) is 16.7 Å². The number of Topliss-reactive ketones (excluding diaryl/α,β-unsaturated/α-hetero) is 1. The lowest BCUT2D eigenvalue weighted by Gasteiger charge is -2.26. The molecule has 0 fully saturated rings. The van der Waals surface area contributed by atoms with E-state index < -0.39 is 10.0 Å². The molecule has 2 heterocycles. The Bertz CT molecular complexity index is 1140. The first-order valence-electron chi connectivity index (χ1n) is 9.63. The van der Waals surface area contributed by atoms with Crippen molar-refractivity contribution in [1.29, 1.82) is 0 Å². The minimum Gasteiger partial charge on any atom is -0.308 e. The maximum atomic E-state index is 13.6. The number of carbonyl (C=O) groups is 1. The summed E-state index contributed by atoms with van der Waals surface area (Å²) in [6.07, 6.45) is 1.48. The summed E-state index contributed by atoms with van der Waals surface area (Å²) in [5.74, 6) is 0.120. The Morgan fingerprint density at radius 2 is 1.86 bits per heavy atom. The summed E-state index contributed by atoms with van der Waals surface area (Å²) < 4.78 is 28.7. The summed E-state index contributed by atoms with van der Waals surface area (Å²) in [6.45, 7) is 4.50. The number of hydrogen-bond acceptors (Lipinski definition) is 4. The maximum Gasteiger partial charge on any atom is 0.268 e. The van der Waals surface area contributed by atoms with E-state index in [1.807, 2.05) is 38.1 Å². The lowest BCUT2D eigenvalue weighted by atomic mass is 9.95. The highest BCUT2D eigenvalue weighted by Crippen LogP contribution is 2.37. The first-order valence-corrected chi connectivity index (χ1v) is 11.1. The van der Waals surface area contributed by atoms with Crippen LogP contribution < -0.4 is 5.32 Å². The second kappa shape index (κ2) is 7.18. The SMILES string of the molecule is CCC(=O)C[C@H]1NCCc2c1n(S(=O)(=O)c1ccc(C)cc1)c1ccccc21. The van der Waals surface area contributed by atoms with Crippen LogP contribution in [0.3, 0.4) is 0 Å². The molecule has 0 amide bonds. The average molecular weight is 397 g/mol. The predicted molar refractivity (Wildman–Crippen MR) is 110 cm³/mol. The molecule has 28 heavy (non-hydrogen) atoms. The summed E-state index contributed by atoms with van der Waals surface area (Å²) in [7, 11) is -3.79. The summed E-state index contributed by atoms with van der Waals surface area (Å²) in [5, 5.41) is 4.32. The van der Waals surface area contributed by atoms with E-state index in [1.165, 1.54) is 3.97 Å². The zero-order valence-electron chi connectivity index (χ0n) is 16.1. The van der Waals surface area contributed by atoms with Gasteiger partial charge >= 0.3 is 0 Å². The number of ketones is 1. The van der Waals surface area contributed by atoms with Crippen LogP contribution in [-0.4, -0.2) is 24.7 Å². The number of aryl methyl sites for hydroxylation is 1. The van der Waals surface area contributed by atoms with Gasteiger partial charge < -0.3 is 5.32 Å². The van der Waals surface area contributed by atoms with Crippen molar-refractivity contribution in [3.05, 3.63) is 65.4 Å². The molecule has 6 heteroatoms. The number of para-hydroxylation sites is 1. The van der Waals surface area contributed by atoms with Crippen LogP contribution in [0.15, 0.2) is 53.4 Å². The molecule has 146 valence electrons. The van der Waals surface area contributed by atoms with Gasteiger partial charge in [0.25, 0.3) is 10.0 Å². The number of rotatable bonds is 5. The van der Waals surface area contributed by atoms with Gasteiger partial charge in [-0.25, -0.2) is 12.4 Å². The molecule has 1 atom stereocenters. The van der Waals surface area contributed by atoms with Gasteiger partial charge in [0, 0.05) is 18.2 Å². The highest BCUT2D eigenvalue weighted by molar-refractivity contribution is 7.90. The molecule has 0 spiro atoms. The van der Waals surface area contributed by atoms with Crippen molar-refractivity contribution in [2.75, 3.05) is 6.54 Å². The van der Waals surface area contributed by atoms with Crippen molar-refractivity contribution in [2.45, 2.75) is 44.0 Å². The minimum atomic E-state index is -3.79. The number of hydrogen-bond donors (Lipinski definition) is 1. The van der Waals surface area contributed by atoms with Crippen molar-refractivity contribution in [1.82, 2.24) is 9.29 Å². The van der Waals surface area contributed by atoms with Gasteiger partial charge in [-0.2, -0.15) is 0 Å². The number of benzene rings is 2. The number of nitrogens with one attached hydrogen (secondary N) is 1. The molecule has 1 aliphatic rings. The Morgan fingerprint density at radius 3 is 2.57 bits per heavy atom. The topological polar surface area (TPSA) is 68.2 Å². The molecule has 0 aliphatic carbocycles. The van der Waals surface area contributed by atoms with Crippen LogP contribution in [0, 0.1) is 6.92 Å². The van der Waals surface area contributed by atoms with E-state index in [0.717, 1.165) is 29.5 Å². The zero-order chi connectivity index (χ0) is 19.9. The molecule has 0 bridgehead atoms. The van der Waals surface area contributed by atoms with Gasteiger partial charge in [-0.1, -0.05) is 42.8 Å². The van der Waals surface area contributed by atoms with Crippen molar-refractivity contribution in [3.8, 4) is 0 Å². The Balaban J connectivity index is 1.99. The van der Waals surface area contributed by atoms with Crippen molar-refractivity contribution in [2.24, 2.45) is 0 Å². The fraction of sp³-hybridized carbons (Fsp3) is 0.318. The quantitative estimate of drug-likeness (QED) is 0.713. The molecular formula is C22H24N2O3S. The van der Waals surface area contributed by atoms with E-state index in [0.29, 0.717) is 24.1 Å². The molecule has 1 N–H and O–H groups in total. The van der Waals surface area contributed by atoms with Crippen molar-refractivity contribution < 1.29 is 13.2 Å². The van der Waals surface area contributed by atoms with Crippen molar-refractivity contribution in [3.63, 3.8) is 0 Å². The maximum absolute atomic E-state index is 13.6. The Hall–Kier alpha value is -2.44. The van der Waals surface area contributed by atoms with Gasteiger partial charge in [-0.3, -0.25) is 4.79 Å². The van der Waals surface area contributed by atoms with Crippen LogP contribution in [0.2, 0.25) is 0 Å². The third-order valence-corrected chi connectivity index (χ3v) is 7.20. The third kappa shape index (κ3) is 3.06. The molecule has 2 aromatic carbocycles. The van der Waals surface area contributed by atoms with E-state index in [4.69, 9.17) is 0 Å². The van der Waals surface area contributed by atoms with Crippen molar-refractivity contribution >= 4 is 26.7 Å². The van der Waals surface area contributed by atoms with Crippen LogP contribution >= 0.6 is 0 Å². The Morgan fingerprint density at radius 1 is 1.14 bits per heavy atom. The van der Waals surface area contributed by atoms with E-state index >= 15 is 0 Å². The molecule has 1 aliphatic heterocycles. The average Bonchev–Trinajstić information content (AvgIpc) is 3.04. The molecule has 0 saturated carbocycles. The summed E-state index contributed by atoms with van der Waals surface area (Å²) in [6, 6.07) is 14.2. The largest absolute Gasteiger partial charge is 0.308 e.